The van der Waals surface area contributed by atoms with Crippen LogP contribution in [0.5, 0.6) is 0 Å². The smallest absolute Gasteiger partial charge is 0.243 e. The first-order valence-corrected chi connectivity index (χ1v) is 9.63. The highest BCUT2D eigenvalue weighted by molar-refractivity contribution is 7.91. The van der Waals surface area contributed by atoms with Crippen LogP contribution in [0.25, 0.3) is 0 Å². The van der Waals surface area contributed by atoms with Gasteiger partial charge in [-0.05, 0) is 31.2 Å². The third-order valence-corrected chi connectivity index (χ3v) is 5.36. The molecule has 0 aromatic heterocycles. The van der Waals surface area contributed by atoms with Crippen molar-refractivity contribution in [2.45, 2.75) is 18.2 Å². The fourth-order valence-corrected chi connectivity index (χ4v) is 3.38. The maximum atomic E-state index is 13.1. The lowest BCUT2D eigenvalue weighted by atomic mass is 10.2. The fraction of sp³-hybridized carbons (Fsp3) is 0.222. The van der Waals surface area contributed by atoms with Gasteiger partial charge in [0.1, 0.15) is 0 Å². The van der Waals surface area contributed by atoms with Crippen molar-refractivity contribution in [3.05, 3.63) is 59.7 Å². The maximum Gasteiger partial charge on any atom is 0.243 e. The van der Waals surface area contributed by atoms with Crippen molar-refractivity contribution in [2.24, 2.45) is 0 Å². The topological polar surface area (TPSA) is 92.3 Å². The van der Waals surface area contributed by atoms with E-state index in [0.29, 0.717) is 0 Å². The van der Waals surface area contributed by atoms with Crippen molar-refractivity contribution in [3.8, 4) is 0 Å². The molecule has 2 N–H and O–H groups in total. The number of sulfone groups is 1. The van der Waals surface area contributed by atoms with Crippen molar-refractivity contribution < 1.29 is 26.8 Å². The molecule has 0 radical (unpaired) electrons. The van der Waals surface area contributed by atoms with Crippen LogP contribution in [0.4, 0.5) is 14.5 Å². The summed E-state index contributed by atoms with van der Waals surface area (Å²) in [5.41, 5.74) is 0.953. The van der Waals surface area contributed by atoms with E-state index in [4.69, 9.17) is 0 Å². The van der Waals surface area contributed by atoms with E-state index in [1.807, 2.05) is 6.92 Å². The van der Waals surface area contributed by atoms with Gasteiger partial charge in [-0.1, -0.05) is 17.7 Å². The number of aryl methyl sites for hydroxylation is 1. The highest BCUT2D eigenvalue weighted by Crippen LogP contribution is 2.14. The minimum Gasteiger partial charge on any atom is -0.347 e. The Labute approximate surface area is 155 Å². The zero-order valence-corrected chi connectivity index (χ0v) is 15.3. The van der Waals surface area contributed by atoms with Gasteiger partial charge in [0.15, 0.2) is 21.5 Å². The van der Waals surface area contributed by atoms with Crippen LogP contribution < -0.4 is 10.6 Å². The third kappa shape index (κ3) is 6.14. The molecule has 6 nitrogen and oxygen atoms in total. The van der Waals surface area contributed by atoms with Crippen molar-refractivity contribution in [3.63, 3.8) is 0 Å². The predicted octanol–water partition coefficient (Wildman–Crippen LogP) is 2.19. The molecular formula is C18H18F2N2O4S. The Morgan fingerprint density at radius 3 is 2.26 bits per heavy atom. The van der Waals surface area contributed by atoms with E-state index < -0.39 is 45.6 Å². The van der Waals surface area contributed by atoms with Crippen molar-refractivity contribution in [1.82, 2.24) is 5.32 Å². The lowest BCUT2D eigenvalue weighted by Gasteiger charge is -2.08. The molecule has 0 fully saturated rings. The Balaban J connectivity index is 1.80. The Bertz CT molecular complexity index is 944. The number of halogens is 2. The quantitative estimate of drug-likeness (QED) is 0.750. The van der Waals surface area contributed by atoms with E-state index in [1.54, 1.807) is 12.1 Å². The summed E-state index contributed by atoms with van der Waals surface area (Å²) >= 11 is 0. The first kappa shape index (κ1) is 20.5. The van der Waals surface area contributed by atoms with E-state index in [1.165, 1.54) is 18.2 Å². The molecule has 0 saturated heterocycles. The number of benzene rings is 2. The third-order valence-electron chi connectivity index (χ3n) is 3.63. The van der Waals surface area contributed by atoms with Crippen LogP contribution in [0.15, 0.2) is 47.4 Å². The summed E-state index contributed by atoms with van der Waals surface area (Å²) in [5.74, 6) is -3.83. The maximum absolute atomic E-state index is 13.1. The standard InChI is InChI=1S/C18H18F2N2O4S/c1-12-2-5-14(6-3-12)27(25,26)9-8-17(23)21-11-18(24)22-13-4-7-15(19)16(20)10-13/h2-7,10H,8-9,11H2,1H3,(H,21,23)(H,22,24). The molecule has 0 unspecified atom stereocenters. The molecule has 0 aliphatic heterocycles. The molecule has 2 amide bonds. The number of nitrogens with one attached hydrogen (secondary N) is 2. The molecule has 144 valence electrons. The average molecular weight is 396 g/mol. The highest BCUT2D eigenvalue weighted by Gasteiger charge is 2.16. The Kier molecular flexibility index (Phi) is 6.62. The van der Waals surface area contributed by atoms with Crippen LogP contribution in [0.1, 0.15) is 12.0 Å². The molecule has 2 rings (SSSR count). The number of hydrogen-bond donors (Lipinski definition) is 2. The van der Waals surface area contributed by atoms with Gasteiger partial charge in [-0.15, -0.1) is 0 Å². The molecule has 0 aliphatic carbocycles. The van der Waals surface area contributed by atoms with E-state index in [0.717, 1.165) is 17.7 Å². The van der Waals surface area contributed by atoms with Gasteiger partial charge in [0.2, 0.25) is 11.8 Å². The molecule has 2 aromatic carbocycles. The second-order valence-electron chi connectivity index (χ2n) is 5.84. The van der Waals surface area contributed by atoms with Gasteiger partial charge < -0.3 is 10.6 Å². The van der Waals surface area contributed by atoms with Crippen LogP contribution in [0.3, 0.4) is 0 Å². The zero-order valence-electron chi connectivity index (χ0n) is 14.5. The second kappa shape index (κ2) is 8.72. The fourth-order valence-electron chi connectivity index (χ4n) is 2.14. The van der Waals surface area contributed by atoms with Crippen molar-refractivity contribution in [1.29, 1.82) is 0 Å². The largest absolute Gasteiger partial charge is 0.347 e. The van der Waals surface area contributed by atoms with Gasteiger partial charge in [-0.25, -0.2) is 17.2 Å². The van der Waals surface area contributed by atoms with Crippen LogP contribution >= 0.6 is 0 Å². The number of carbonyl (C=O) groups is 2. The lowest BCUT2D eigenvalue weighted by Crippen LogP contribution is -2.33. The number of hydrogen-bond acceptors (Lipinski definition) is 4. The van der Waals surface area contributed by atoms with Gasteiger partial charge >= 0.3 is 0 Å². The molecule has 0 aliphatic rings. The molecule has 2 aromatic rings. The van der Waals surface area contributed by atoms with Crippen molar-refractivity contribution >= 4 is 27.3 Å². The average Bonchev–Trinajstić information content (AvgIpc) is 2.62. The number of carbonyl (C=O) groups excluding carboxylic acids is 2. The van der Waals surface area contributed by atoms with Gasteiger partial charge in [0.05, 0.1) is 17.2 Å². The van der Waals surface area contributed by atoms with Gasteiger partial charge in [0.25, 0.3) is 0 Å². The SMILES string of the molecule is Cc1ccc(S(=O)(=O)CCC(=O)NCC(=O)Nc2ccc(F)c(F)c2)cc1. The Morgan fingerprint density at radius 2 is 1.63 bits per heavy atom. The van der Waals surface area contributed by atoms with Crippen LogP contribution in [0.2, 0.25) is 0 Å². The summed E-state index contributed by atoms with van der Waals surface area (Å²) in [5, 5.41) is 4.57. The zero-order chi connectivity index (χ0) is 20.0. The van der Waals surface area contributed by atoms with Crippen LogP contribution in [-0.4, -0.2) is 32.5 Å². The second-order valence-corrected chi connectivity index (χ2v) is 7.94. The molecule has 0 heterocycles. The van der Waals surface area contributed by atoms with Crippen molar-refractivity contribution in [2.75, 3.05) is 17.6 Å². The van der Waals surface area contributed by atoms with Crippen LogP contribution in [0, 0.1) is 18.6 Å². The Morgan fingerprint density at radius 1 is 0.963 bits per heavy atom. The van der Waals surface area contributed by atoms with E-state index in [2.05, 4.69) is 10.6 Å². The molecule has 0 saturated carbocycles. The molecule has 0 atom stereocenters. The molecule has 0 spiro atoms. The number of amides is 2. The monoisotopic (exact) mass is 396 g/mol. The minimum atomic E-state index is -3.61. The van der Waals surface area contributed by atoms with E-state index >= 15 is 0 Å². The number of anilines is 1. The summed E-state index contributed by atoms with van der Waals surface area (Å²) < 4.78 is 50.2. The lowest BCUT2D eigenvalue weighted by molar-refractivity contribution is -0.123. The molecule has 27 heavy (non-hydrogen) atoms. The summed E-state index contributed by atoms with van der Waals surface area (Å²) in [6, 6.07) is 9.11. The highest BCUT2D eigenvalue weighted by atomic mass is 32.2. The summed E-state index contributed by atoms with van der Waals surface area (Å²) in [4.78, 5) is 23.6. The van der Waals surface area contributed by atoms with Crippen LogP contribution in [-0.2, 0) is 19.4 Å². The van der Waals surface area contributed by atoms with E-state index in [9.17, 15) is 26.8 Å². The molecule has 0 bridgehead atoms. The van der Waals surface area contributed by atoms with Gasteiger partial charge in [-0.2, -0.15) is 0 Å². The predicted molar refractivity (Wildman–Crippen MR) is 95.8 cm³/mol. The van der Waals surface area contributed by atoms with Gasteiger partial charge in [0, 0.05) is 18.2 Å². The number of rotatable bonds is 7. The summed E-state index contributed by atoms with van der Waals surface area (Å²) in [6.45, 7) is 1.40. The summed E-state index contributed by atoms with van der Waals surface area (Å²) in [6.07, 6.45) is -0.311. The minimum absolute atomic E-state index is 0.0371. The molecule has 9 heteroatoms. The normalized spacial score (nSPS) is 11.1. The van der Waals surface area contributed by atoms with Gasteiger partial charge in [-0.3, -0.25) is 9.59 Å². The first-order chi connectivity index (χ1) is 12.7. The molecular weight excluding hydrogens is 378 g/mol. The first-order valence-electron chi connectivity index (χ1n) is 7.98. The summed E-state index contributed by atoms with van der Waals surface area (Å²) in [7, 11) is -3.61. The van der Waals surface area contributed by atoms with E-state index in [-0.39, 0.29) is 17.0 Å². The Hall–Kier alpha value is -2.81.